The fraction of sp³-hybridized carbons (Fsp3) is 0.321. The van der Waals surface area contributed by atoms with Gasteiger partial charge in [0.25, 0.3) is 5.91 Å². The average molecular weight is 542 g/mol. The van der Waals surface area contributed by atoms with Gasteiger partial charge in [-0.3, -0.25) is 4.79 Å². The lowest BCUT2D eigenvalue weighted by Crippen LogP contribution is -2.51. The summed E-state index contributed by atoms with van der Waals surface area (Å²) in [5, 5.41) is 24.5. The minimum Gasteiger partial charge on any atom is -0.507 e. The molecule has 1 amide bonds. The van der Waals surface area contributed by atoms with Crippen LogP contribution in [0.2, 0.25) is 0 Å². The third-order valence-corrected chi connectivity index (χ3v) is 7.85. The highest BCUT2D eigenvalue weighted by Gasteiger charge is 2.31. The third kappa shape index (κ3) is 7.47. The molecule has 0 aliphatic rings. The Morgan fingerprint density at radius 2 is 1.68 bits per heavy atom. The lowest BCUT2D eigenvalue weighted by atomic mass is 10.00. The number of aromatic hydroxyl groups is 1. The molecule has 0 saturated heterocycles. The minimum atomic E-state index is -3.96. The van der Waals surface area contributed by atoms with Crippen LogP contribution in [0.25, 0.3) is 0 Å². The van der Waals surface area contributed by atoms with Gasteiger partial charge >= 0.3 is 0 Å². The molecule has 3 rings (SSSR count). The molecule has 0 fully saturated rings. The lowest BCUT2D eigenvalue weighted by molar-refractivity contribution is 0.0773. The van der Waals surface area contributed by atoms with Crippen LogP contribution < -0.4 is 15.8 Å². The van der Waals surface area contributed by atoms with Crippen LogP contribution in [0.15, 0.2) is 77.7 Å². The van der Waals surface area contributed by atoms with E-state index in [-0.39, 0.29) is 41.6 Å². The van der Waals surface area contributed by atoms with Crippen molar-refractivity contribution in [3.63, 3.8) is 0 Å². The summed E-state index contributed by atoms with van der Waals surface area (Å²) in [6, 6.07) is 18.6. The van der Waals surface area contributed by atoms with Crippen molar-refractivity contribution >= 4 is 21.6 Å². The summed E-state index contributed by atoms with van der Waals surface area (Å²) in [6.07, 6.45) is -1.02. The molecule has 0 bridgehead atoms. The number of aliphatic hydroxyl groups is 1. The highest BCUT2D eigenvalue weighted by molar-refractivity contribution is 7.89. The molecule has 0 radical (unpaired) electrons. The largest absolute Gasteiger partial charge is 0.507 e. The van der Waals surface area contributed by atoms with E-state index < -0.39 is 28.1 Å². The second kappa shape index (κ2) is 12.8. The molecule has 3 aromatic carbocycles. The van der Waals surface area contributed by atoms with Crippen LogP contribution in [0, 0.1) is 5.92 Å². The molecule has 0 unspecified atom stereocenters. The molecule has 2 atom stereocenters. The van der Waals surface area contributed by atoms with Crippen LogP contribution in [0.3, 0.4) is 0 Å². The quantitative estimate of drug-likeness (QED) is 0.258. The number of nitrogen functional groups attached to an aromatic ring is 1. The summed E-state index contributed by atoms with van der Waals surface area (Å²) in [7, 11) is -2.51. The van der Waals surface area contributed by atoms with Crippen LogP contribution in [0.1, 0.15) is 29.8 Å². The first-order chi connectivity index (χ1) is 18.0. The molecule has 0 spiro atoms. The fourth-order valence-electron chi connectivity index (χ4n) is 4.03. The van der Waals surface area contributed by atoms with E-state index in [9.17, 15) is 23.4 Å². The highest BCUT2D eigenvalue weighted by Crippen LogP contribution is 2.24. The number of carbonyl (C=O) groups excluding carboxylic acids is 1. The van der Waals surface area contributed by atoms with E-state index in [0.29, 0.717) is 11.4 Å². The van der Waals surface area contributed by atoms with Gasteiger partial charge in [0.1, 0.15) is 11.5 Å². The van der Waals surface area contributed by atoms with E-state index in [1.807, 2.05) is 44.2 Å². The van der Waals surface area contributed by atoms with Crippen molar-refractivity contribution in [3.05, 3.63) is 83.9 Å². The number of methoxy groups -OCH3 is 1. The van der Waals surface area contributed by atoms with Gasteiger partial charge in [-0.1, -0.05) is 44.2 Å². The number of carbonyl (C=O) groups is 1. The molecule has 0 aliphatic heterocycles. The van der Waals surface area contributed by atoms with Crippen molar-refractivity contribution in [3.8, 4) is 11.5 Å². The smallest absolute Gasteiger partial charge is 0.255 e. The summed E-state index contributed by atoms with van der Waals surface area (Å²) in [4.78, 5) is 13.2. The van der Waals surface area contributed by atoms with Gasteiger partial charge in [0.15, 0.2) is 0 Å². The monoisotopic (exact) mass is 541 g/mol. The van der Waals surface area contributed by atoms with E-state index in [1.165, 1.54) is 47.8 Å². The van der Waals surface area contributed by atoms with Gasteiger partial charge in [-0.05, 0) is 54.3 Å². The first-order valence-electron chi connectivity index (χ1n) is 12.3. The summed E-state index contributed by atoms with van der Waals surface area (Å²) < 4.78 is 33.3. The van der Waals surface area contributed by atoms with Crippen LogP contribution in [0.5, 0.6) is 11.5 Å². The fourth-order valence-corrected chi connectivity index (χ4v) is 5.65. The number of sulfonamides is 1. The molecule has 0 aromatic heterocycles. The molecule has 10 heteroatoms. The second-order valence-electron chi connectivity index (χ2n) is 9.51. The van der Waals surface area contributed by atoms with Crippen molar-refractivity contribution in [1.29, 1.82) is 0 Å². The number of anilines is 1. The van der Waals surface area contributed by atoms with Gasteiger partial charge in [0.2, 0.25) is 10.0 Å². The molecular weight excluding hydrogens is 506 g/mol. The molecule has 204 valence electrons. The van der Waals surface area contributed by atoms with Gasteiger partial charge in [0.05, 0.1) is 29.7 Å². The molecule has 0 heterocycles. The van der Waals surface area contributed by atoms with Gasteiger partial charge in [-0.15, -0.1) is 0 Å². The Hall–Kier alpha value is -3.60. The van der Waals surface area contributed by atoms with Gasteiger partial charge < -0.3 is 26.0 Å². The number of rotatable bonds is 12. The molecule has 5 N–H and O–H groups in total. The second-order valence-corrected chi connectivity index (χ2v) is 11.4. The lowest BCUT2D eigenvalue weighted by Gasteiger charge is -2.31. The summed E-state index contributed by atoms with van der Waals surface area (Å²) in [5.41, 5.74) is 7.01. The van der Waals surface area contributed by atoms with Crippen LogP contribution in [-0.4, -0.2) is 61.2 Å². The Morgan fingerprint density at radius 3 is 2.26 bits per heavy atom. The number of phenols is 1. The van der Waals surface area contributed by atoms with Gasteiger partial charge in [-0.2, -0.15) is 4.31 Å². The van der Waals surface area contributed by atoms with E-state index in [2.05, 4.69) is 5.32 Å². The molecule has 38 heavy (non-hydrogen) atoms. The van der Waals surface area contributed by atoms with E-state index >= 15 is 0 Å². The van der Waals surface area contributed by atoms with Crippen molar-refractivity contribution in [2.75, 3.05) is 25.9 Å². The average Bonchev–Trinajstić information content (AvgIpc) is 2.88. The number of hydrogen-bond donors (Lipinski definition) is 4. The SMILES string of the molecule is COc1ccc(C(=O)N[C@@H](Cc2ccccc2)[C@H](O)CN(CC(C)C)S(=O)(=O)c2ccc(N)cc2)c(O)c1. The Bertz CT molecular complexity index is 1310. The topological polar surface area (TPSA) is 142 Å². The van der Waals surface area contributed by atoms with Gasteiger partial charge in [-0.25, -0.2) is 8.42 Å². The molecule has 9 nitrogen and oxygen atoms in total. The standard InChI is InChI=1S/C28H35N3O6S/c1-19(2)17-31(38(35,36)23-12-9-21(29)10-13-23)18-27(33)25(15-20-7-5-4-6-8-20)30-28(34)24-14-11-22(37-3)16-26(24)32/h4-14,16,19,25,27,32-33H,15,17-18,29H2,1-3H3,(H,30,34)/t25-,27+/m0/s1. The maximum absolute atomic E-state index is 13.5. The normalized spacial score (nSPS) is 13.3. The Balaban J connectivity index is 1.90. The Labute approximate surface area is 223 Å². The first kappa shape index (κ1) is 29.0. The zero-order chi connectivity index (χ0) is 27.9. The van der Waals surface area contributed by atoms with Crippen molar-refractivity contribution in [1.82, 2.24) is 9.62 Å². The van der Waals surface area contributed by atoms with E-state index in [1.54, 1.807) is 6.07 Å². The number of hydrogen-bond acceptors (Lipinski definition) is 7. The summed E-state index contributed by atoms with van der Waals surface area (Å²) in [5.74, 6) is -0.523. The number of phenolic OH excluding ortho intramolecular Hbond substituents is 1. The van der Waals surface area contributed by atoms with Crippen LogP contribution >= 0.6 is 0 Å². The minimum absolute atomic E-state index is 0.00425. The number of ether oxygens (including phenoxy) is 1. The maximum atomic E-state index is 13.5. The Kier molecular flexibility index (Phi) is 9.73. The number of nitrogens with two attached hydrogens (primary N) is 1. The van der Waals surface area contributed by atoms with Crippen LogP contribution in [0.4, 0.5) is 5.69 Å². The third-order valence-electron chi connectivity index (χ3n) is 6.01. The zero-order valence-electron chi connectivity index (χ0n) is 21.7. The van der Waals surface area contributed by atoms with Crippen molar-refractivity contribution < 1.29 is 28.2 Å². The number of aliphatic hydroxyl groups excluding tert-OH is 1. The van der Waals surface area contributed by atoms with E-state index in [4.69, 9.17) is 10.5 Å². The molecule has 3 aromatic rings. The predicted octanol–water partition coefficient (Wildman–Crippen LogP) is 3.03. The number of nitrogens with zero attached hydrogens (tertiary/aromatic N) is 1. The highest BCUT2D eigenvalue weighted by atomic mass is 32.2. The summed E-state index contributed by atoms with van der Waals surface area (Å²) in [6.45, 7) is 3.67. The number of nitrogens with one attached hydrogen (secondary N) is 1. The Morgan fingerprint density at radius 1 is 1.03 bits per heavy atom. The number of benzene rings is 3. The molecule has 0 aliphatic carbocycles. The molecular formula is C28H35N3O6S. The van der Waals surface area contributed by atoms with Gasteiger partial charge in [0, 0.05) is 24.8 Å². The zero-order valence-corrected chi connectivity index (χ0v) is 22.6. The van der Waals surface area contributed by atoms with Crippen LogP contribution in [-0.2, 0) is 16.4 Å². The van der Waals surface area contributed by atoms with Crippen molar-refractivity contribution in [2.24, 2.45) is 5.92 Å². The first-order valence-corrected chi connectivity index (χ1v) is 13.7. The number of amides is 1. The maximum Gasteiger partial charge on any atom is 0.255 e. The van der Waals surface area contributed by atoms with Crippen molar-refractivity contribution in [2.45, 2.75) is 37.3 Å². The van der Waals surface area contributed by atoms with E-state index in [0.717, 1.165) is 5.56 Å². The summed E-state index contributed by atoms with van der Waals surface area (Å²) >= 11 is 0. The molecule has 0 saturated carbocycles. The predicted molar refractivity (Wildman–Crippen MR) is 147 cm³/mol.